The lowest BCUT2D eigenvalue weighted by molar-refractivity contribution is -0.144. The van der Waals surface area contributed by atoms with Gasteiger partial charge in [-0.05, 0) is 24.5 Å². The molecule has 0 saturated carbocycles. The maximum Gasteiger partial charge on any atom is 0.303 e. The lowest BCUT2D eigenvalue weighted by Gasteiger charge is -2.20. The first-order valence-electron chi connectivity index (χ1n) is 7.22. The van der Waals surface area contributed by atoms with Crippen LogP contribution in [-0.2, 0) is 16.1 Å². The summed E-state index contributed by atoms with van der Waals surface area (Å²) in [5, 5.41) is 0. The van der Waals surface area contributed by atoms with Gasteiger partial charge in [-0.25, -0.2) is 0 Å². The molecule has 0 saturated heterocycles. The van der Waals surface area contributed by atoms with E-state index >= 15 is 0 Å². The largest absolute Gasteiger partial charge is 0.458 e. The molecule has 0 fully saturated rings. The third kappa shape index (κ3) is 3.70. The van der Waals surface area contributed by atoms with Crippen molar-refractivity contribution in [2.45, 2.75) is 39.8 Å². The van der Waals surface area contributed by atoms with Crippen molar-refractivity contribution in [2.75, 3.05) is 13.1 Å². The monoisotopic (exact) mass is 273 g/mol. The molecule has 0 aromatic heterocycles. The highest BCUT2D eigenvalue weighted by molar-refractivity contribution is 5.66. The molecule has 1 heterocycles. The van der Waals surface area contributed by atoms with E-state index in [1.54, 1.807) is 0 Å². The first kappa shape index (κ1) is 14.8. The minimum Gasteiger partial charge on any atom is -0.458 e. The average Bonchev–Trinajstić information content (AvgIpc) is 2.77. The van der Waals surface area contributed by atoms with Crippen molar-refractivity contribution in [1.82, 2.24) is 4.90 Å². The Morgan fingerprint density at radius 3 is 2.60 bits per heavy atom. The molecule has 3 heteroatoms. The quantitative estimate of drug-likeness (QED) is 0.609. The Bertz CT molecular complexity index is 493. The highest BCUT2D eigenvalue weighted by Gasteiger charge is 2.26. The highest BCUT2D eigenvalue weighted by atomic mass is 16.5. The van der Waals surface area contributed by atoms with E-state index in [4.69, 9.17) is 4.74 Å². The second kappa shape index (κ2) is 6.71. The third-order valence-electron chi connectivity index (χ3n) is 3.72. The number of hydrogen-bond donors (Lipinski definition) is 0. The summed E-state index contributed by atoms with van der Waals surface area (Å²) in [5.74, 6) is -0.196. The summed E-state index contributed by atoms with van der Waals surface area (Å²) in [4.78, 5) is 13.6. The van der Waals surface area contributed by atoms with E-state index < -0.39 is 0 Å². The Morgan fingerprint density at radius 2 is 2.00 bits per heavy atom. The molecule has 0 amide bonds. The number of carbonyl (C=O) groups is 1. The van der Waals surface area contributed by atoms with E-state index in [1.807, 2.05) is 6.07 Å². The number of rotatable bonds is 5. The maximum atomic E-state index is 11.2. The summed E-state index contributed by atoms with van der Waals surface area (Å²) in [6.45, 7) is 8.49. The molecule has 20 heavy (non-hydrogen) atoms. The van der Waals surface area contributed by atoms with Crippen molar-refractivity contribution in [3.05, 3.63) is 47.0 Å². The van der Waals surface area contributed by atoms with Crippen molar-refractivity contribution in [1.29, 1.82) is 0 Å². The van der Waals surface area contributed by atoms with Crippen LogP contribution in [0.4, 0.5) is 0 Å². The number of esters is 1. The zero-order valence-corrected chi connectivity index (χ0v) is 12.6. The van der Waals surface area contributed by atoms with E-state index in [0.29, 0.717) is 0 Å². The SMILES string of the molecule is CCC(OC(C)=O)C1=C(C)CN(Cc2ccccc2)C1. The molecular weight excluding hydrogens is 250 g/mol. The van der Waals surface area contributed by atoms with Gasteiger partial charge in [-0.1, -0.05) is 42.8 Å². The Balaban J connectivity index is 1.99. The molecule has 1 aliphatic heterocycles. The summed E-state index contributed by atoms with van der Waals surface area (Å²) >= 11 is 0. The van der Waals surface area contributed by atoms with Gasteiger partial charge < -0.3 is 4.74 Å². The predicted molar refractivity (Wildman–Crippen MR) is 80.3 cm³/mol. The highest BCUT2D eigenvalue weighted by Crippen LogP contribution is 2.25. The zero-order valence-electron chi connectivity index (χ0n) is 12.6. The number of ether oxygens (including phenoxy) is 1. The summed E-state index contributed by atoms with van der Waals surface area (Å²) in [6, 6.07) is 10.5. The van der Waals surface area contributed by atoms with Crippen molar-refractivity contribution in [2.24, 2.45) is 0 Å². The van der Waals surface area contributed by atoms with Crippen molar-refractivity contribution in [3.8, 4) is 0 Å². The van der Waals surface area contributed by atoms with Gasteiger partial charge in [0.25, 0.3) is 0 Å². The second-order valence-electron chi connectivity index (χ2n) is 5.44. The lowest BCUT2D eigenvalue weighted by Crippen LogP contribution is -2.25. The van der Waals surface area contributed by atoms with Crippen LogP contribution in [0.25, 0.3) is 0 Å². The van der Waals surface area contributed by atoms with E-state index in [2.05, 4.69) is 43.0 Å². The molecule has 108 valence electrons. The number of hydrogen-bond acceptors (Lipinski definition) is 3. The Morgan fingerprint density at radius 1 is 1.30 bits per heavy atom. The fourth-order valence-electron chi connectivity index (χ4n) is 2.80. The van der Waals surface area contributed by atoms with Crippen LogP contribution >= 0.6 is 0 Å². The summed E-state index contributed by atoms with van der Waals surface area (Å²) in [5.41, 5.74) is 3.94. The van der Waals surface area contributed by atoms with Crippen LogP contribution in [0.15, 0.2) is 41.5 Å². The second-order valence-corrected chi connectivity index (χ2v) is 5.44. The van der Waals surface area contributed by atoms with Crippen LogP contribution in [0.2, 0.25) is 0 Å². The first-order valence-corrected chi connectivity index (χ1v) is 7.22. The van der Waals surface area contributed by atoms with E-state index in [-0.39, 0.29) is 12.1 Å². The standard InChI is InChI=1S/C17H23NO2/c1-4-17(20-14(3)19)16-12-18(10-13(16)2)11-15-8-6-5-7-9-15/h5-9,17H,4,10-12H2,1-3H3. The molecule has 1 unspecified atom stereocenters. The molecule has 0 spiro atoms. The average molecular weight is 273 g/mol. The summed E-state index contributed by atoms with van der Waals surface area (Å²) in [6.07, 6.45) is 0.777. The molecular formula is C17H23NO2. The maximum absolute atomic E-state index is 11.2. The number of benzene rings is 1. The van der Waals surface area contributed by atoms with E-state index in [1.165, 1.54) is 23.6 Å². The summed E-state index contributed by atoms with van der Waals surface area (Å²) < 4.78 is 5.43. The Hall–Kier alpha value is -1.61. The van der Waals surface area contributed by atoms with Crippen LogP contribution in [0.1, 0.15) is 32.8 Å². The molecule has 0 aliphatic carbocycles. The Labute approximate surface area is 121 Å². The molecule has 0 radical (unpaired) electrons. The van der Waals surface area contributed by atoms with Gasteiger partial charge in [0.1, 0.15) is 6.10 Å². The van der Waals surface area contributed by atoms with Crippen LogP contribution < -0.4 is 0 Å². The molecule has 1 atom stereocenters. The molecule has 3 nitrogen and oxygen atoms in total. The van der Waals surface area contributed by atoms with Crippen LogP contribution in [0.5, 0.6) is 0 Å². The van der Waals surface area contributed by atoms with Crippen LogP contribution in [0, 0.1) is 0 Å². The molecule has 1 aliphatic rings. The van der Waals surface area contributed by atoms with Crippen LogP contribution in [-0.4, -0.2) is 30.1 Å². The molecule has 2 rings (SSSR count). The predicted octanol–water partition coefficient (Wildman–Crippen LogP) is 3.16. The van der Waals surface area contributed by atoms with Gasteiger partial charge in [-0.3, -0.25) is 9.69 Å². The van der Waals surface area contributed by atoms with E-state index in [9.17, 15) is 4.79 Å². The smallest absolute Gasteiger partial charge is 0.303 e. The zero-order chi connectivity index (χ0) is 14.5. The van der Waals surface area contributed by atoms with Gasteiger partial charge in [-0.2, -0.15) is 0 Å². The van der Waals surface area contributed by atoms with Gasteiger partial charge in [0.15, 0.2) is 0 Å². The molecule has 1 aromatic rings. The number of carbonyl (C=O) groups excluding carboxylic acids is 1. The topological polar surface area (TPSA) is 29.5 Å². The molecule has 0 bridgehead atoms. The van der Waals surface area contributed by atoms with Gasteiger partial charge in [0.2, 0.25) is 0 Å². The van der Waals surface area contributed by atoms with Crippen molar-refractivity contribution >= 4 is 5.97 Å². The van der Waals surface area contributed by atoms with Crippen molar-refractivity contribution in [3.63, 3.8) is 0 Å². The minimum absolute atomic E-state index is 0.0618. The molecule has 1 aromatic carbocycles. The van der Waals surface area contributed by atoms with Gasteiger partial charge in [0, 0.05) is 26.6 Å². The molecule has 0 N–H and O–H groups in total. The summed E-state index contributed by atoms with van der Waals surface area (Å²) in [7, 11) is 0. The van der Waals surface area contributed by atoms with Gasteiger partial charge in [0.05, 0.1) is 0 Å². The number of nitrogens with zero attached hydrogens (tertiary/aromatic N) is 1. The lowest BCUT2D eigenvalue weighted by atomic mass is 10.0. The third-order valence-corrected chi connectivity index (χ3v) is 3.72. The van der Waals surface area contributed by atoms with Crippen molar-refractivity contribution < 1.29 is 9.53 Å². The fourth-order valence-corrected chi connectivity index (χ4v) is 2.80. The fraction of sp³-hybridized carbons (Fsp3) is 0.471. The van der Waals surface area contributed by atoms with E-state index in [0.717, 1.165) is 26.1 Å². The minimum atomic E-state index is -0.196. The first-order chi connectivity index (χ1) is 9.60. The van der Waals surface area contributed by atoms with Gasteiger partial charge >= 0.3 is 5.97 Å². The Kier molecular flexibility index (Phi) is 4.96. The van der Waals surface area contributed by atoms with Crippen LogP contribution in [0.3, 0.4) is 0 Å². The van der Waals surface area contributed by atoms with Gasteiger partial charge in [-0.15, -0.1) is 0 Å². The normalized spacial score (nSPS) is 17.4.